The summed E-state index contributed by atoms with van der Waals surface area (Å²) in [5.74, 6) is 1.69. The average molecular weight is 357 g/mol. The summed E-state index contributed by atoms with van der Waals surface area (Å²) in [4.78, 5) is 16.2. The van der Waals surface area contributed by atoms with E-state index in [1.54, 1.807) is 26.5 Å². The van der Waals surface area contributed by atoms with E-state index in [4.69, 9.17) is 9.47 Å². The predicted octanol–water partition coefficient (Wildman–Crippen LogP) is 3.14. The molecule has 2 N–H and O–H groups in total. The van der Waals surface area contributed by atoms with E-state index >= 15 is 0 Å². The maximum absolute atomic E-state index is 12.1. The van der Waals surface area contributed by atoms with Gasteiger partial charge in [-0.3, -0.25) is 9.78 Å². The molecule has 1 amide bonds. The summed E-state index contributed by atoms with van der Waals surface area (Å²) in [7, 11) is 3.25. The third-order valence-electron chi connectivity index (χ3n) is 3.85. The summed E-state index contributed by atoms with van der Waals surface area (Å²) in [6.45, 7) is 5.48. The molecule has 6 heteroatoms. The molecule has 0 radical (unpaired) electrons. The molecule has 0 saturated heterocycles. The number of hydrogen-bond donors (Lipinski definition) is 2. The summed E-state index contributed by atoms with van der Waals surface area (Å²) in [5.41, 5.74) is 2.43. The van der Waals surface area contributed by atoms with Crippen molar-refractivity contribution in [2.75, 3.05) is 32.6 Å². The number of methoxy groups -OCH3 is 2. The fourth-order valence-corrected chi connectivity index (χ4v) is 2.44. The van der Waals surface area contributed by atoms with E-state index in [0.717, 1.165) is 35.7 Å². The highest BCUT2D eigenvalue weighted by Crippen LogP contribution is 2.27. The van der Waals surface area contributed by atoms with E-state index in [-0.39, 0.29) is 5.91 Å². The van der Waals surface area contributed by atoms with Crippen molar-refractivity contribution in [2.45, 2.75) is 20.3 Å². The first-order chi connectivity index (χ1) is 12.5. The van der Waals surface area contributed by atoms with E-state index in [2.05, 4.69) is 29.5 Å². The van der Waals surface area contributed by atoms with Crippen molar-refractivity contribution in [1.29, 1.82) is 0 Å². The molecule has 1 heterocycles. The van der Waals surface area contributed by atoms with Crippen molar-refractivity contribution in [3.8, 4) is 11.5 Å². The molecule has 1 aromatic carbocycles. The van der Waals surface area contributed by atoms with Crippen LogP contribution in [0.25, 0.3) is 0 Å². The normalized spacial score (nSPS) is 10.5. The summed E-state index contributed by atoms with van der Waals surface area (Å²) >= 11 is 0. The first-order valence-electron chi connectivity index (χ1n) is 8.72. The Labute approximate surface area is 154 Å². The number of pyridine rings is 1. The Hall–Kier alpha value is -2.76. The van der Waals surface area contributed by atoms with Gasteiger partial charge < -0.3 is 20.1 Å². The monoisotopic (exact) mass is 357 g/mol. The standard InChI is InChI=1S/C20H27N3O3/c1-14(2)13-23-20(24)17-12-16(8-10-22-17)21-9-7-15-5-6-18(25-3)19(11-15)26-4/h5-6,8,10-12,14H,7,9,13H2,1-4H3,(H,21,22)(H,23,24). The second-order valence-corrected chi connectivity index (χ2v) is 6.40. The minimum atomic E-state index is -0.151. The molecule has 6 nitrogen and oxygen atoms in total. The van der Waals surface area contributed by atoms with Gasteiger partial charge in [-0.05, 0) is 42.2 Å². The number of carbonyl (C=O) groups excluding carboxylic acids is 1. The van der Waals surface area contributed by atoms with E-state index in [1.807, 2.05) is 24.3 Å². The molecule has 0 aliphatic carbocycles. The van der Waals surface area contributed by atoms with E-state index in [9.17, 15) is 4.79 Å². The lowest BCUT2D eigenvalue weighted by Gasteiger charge is -2.11. The first-order valence-corrected chi connectivity index (χ1v) is 8.72. The van der Waals surface area contributed by atoms with Gasteiger partial charge in [0, 0.05) is 25.0 Å². The molecule has 140 valence electrons. The van der Waals surface area contributed by atoms with Crippen molar-refractivity contribution in [2.24, 2.45) is 5.92 Å². The summed E-state index contributed by atoms with van der Waals surface area (Å²) in [6, 6.07) is 9.51. The number of amides is 1. The van der Waals surface area contributed by atoms with Crippen LogP contribution >= 0.6 is 0 Å². The van der Waals surface area contributed by atoms with Crippen LogP contribution in [0.4, 0.5) is 5.69 Å². The van der Waals surface area contributed by atoms with Gasteiger partial charge in [0.2, 0.25) is 0 Å². The highest BCUT2D eigenvalue weighted by molar-refractivity contribution is 5.93. The number of nitrogens with zero attached hydrogens (tertiary/aromatic N) is 1. The van der Waals surface area contributed by atoms with E-state index in [0.29, 0.717) is 18.2 Å². The Morgan fingerprint density at radius 2 is 1.88 bits per heavy atom. The maximum Gasteiger partial charge on any atom is 0.269 e. The molecule has 0 fully saturated rings. The van der Waals surface area contributed by atoms with E-state index < -0.39 is 0 Å². The molecule has 0 bridgehead atoms. The maximum atomic E-state index is 12.1. The Morgan fingerprint density at radius 3 is 2.58 bits per heavy atom. The fourth-order valence-electron chi connectivity index (χ4n) is 2.44. The van der Waals surface area contributed by atoms with Crippen LogP contribution < -0.4 is 20.1 Å². The summed E-state index contributed by atoms with van der Waals surface area (Å²) < 4.78 is 10.6. The molecule has 0 spiro atoms. The quantitative estimate of drug-likeness (QED) is 0.721. The summed E-state index contributed by atoms with van der Waals surface area (Å²) in [6.07, 6.45) is 2.46. The third kappa shape index (κ3) is 5.65. The number of nitrogens with one attached hydrogen (secondary N) is 2. The van der Waals surface area contributed by atoms with Gasteiger partial charge in [0.1, 0.15) is 5.69 Å². The number of aromatic nitrogens is 1. The predicted molar refractivity (Wildman–Crippen MR) is 103 cm³/mol. The second-order valence-electron chi connectivity index (χ2n) is 6.40. The molecular formula is C20H27N3O3. The molecule has 0 aliphatic rings. The van der Waals surface area contributed by atoms with Gasteiger partial charge in [-0.2, -0.15) is 0 Å². The Kier molecular flexibility index (Phi) is 7.26. The van der Waals surface area contributed by atoms with Crippen LogP contribution in [0.2, 0.25) is 0 Å². The minimum absolute atomic E-state index is 0.151. The lowest BCUT2D eigenvalue weighted by atomic mass is 10.1. The van der Waals surface area contributed by atoms with Gasteiger partial charge in [-0.15, -0.1) is 0 Å². The Bertz CT molecular complexity index is 732. The molecule has 0 saturated carbocycles. The van der Waals surface area contributed by atoms with Crippen molar-refractivity contribution >= 4 is 11.6 Å². The largest absolute Gasteiger partial charge is 0.493 e. The van der Waals surface area contributed by atoms with Gasteiger partial charge >= 0.3 is 0 Å². The number of rotatable bonds is 9. The molecule has 2 rings (SSSR count). The molecule has 0 unspecified atom stereocenters. The van der Waals surface area contributed by atoms with Crippen LogP contribution in [0.1, 0.15) is 29.9 Å². The lowest BCUT2D eigenvalue weighted by Crippen LogP contribution is -2.28. The van der Waals surface area contributed by atoms with E-state index in [1.165, 1.54) is 0 Å². The zero-order valence-electron chi connectivity index (χ0n) is 15.8. The highest BCUT2D eigenvalue weighted by atomic mass is 16.5. The van der Waals surface area contributed by atoms with Gasteiger partial charge in [0.25, 0.3) is 5.91 Å². The SMILES string of the molecule is COc1ccc(CCNc2ccnc(C(=O)NCC(C)C)c2)cc1OC. The van der Waals surface area contributed by atoms with Crippen molar-refractivity contribution in [3.63, 3.8) is 0 Å². The Balaban J connectivity index is 1.92. The number of hydrogen-bond acceptors (Lipinski definition) is 5. The van der Waals surface area contributed by atoms with Crippen LogP contribution in [0.3, 0.4) is 0 Å². The van der Waals surface area contributed by atoms with Gasteiger partial charge in [0.15, 0.2) is 11.5 Å². The molecule has 0 aliphatic heterocycles. The minimum Gasteiger partial charge on any atom is -0.493 e. The van der Waals surface area contributed by atoms with Gasteiger partial charge in [-0.25, -0.2) is 0 Å². The molecule has 2 aromatic rings. The molecule has 0 atom stereocenters. The van der Waals surface area contributed by atoms with Crippen LogP contribution in [0, 0.1) is 5.92 Å². The van der Waals surface area contributed by atoms with Crippen LogP contribution in [-0.2, 0) is 6.42 Å². The number of ether oxygens (including phenoxy) is 2. The lowest BCUT2D eigenvalue weighted by molar-refractivity contribution is 0.0944. The average Bonchev–Trinajstić information content (AvgIpc) is 2.66. The first kappa shape index (κ1) is 19.6. The molecule has 1 aromatic heterocycles. The van der Waals surface area contributed by atoms with Crippen molar-refractivity contribution in [1.82, 2.24) is 10.3 Å². The zero-order chi connectivity index (χ0) is 18.9. The van der Waals surface area contributed by atoms with Crippen LogP contribution in [-0.4, -0.2) is 38.2 Å². The number of anilines is 1. The topological polar surface area (TPSA) is 72.5 Å². The van der Waals surface area contributed by atoms with Crippen molar-refractivity contribution in [3.05, 3.63) is 47.8 Å². The molecule has 26 heavy (non-hydrogen) atoms. The van der Waals surface area contributed by atoms with Gasteiger partial charge in [0.05, 0.1) is 14.2 Å². The Morgan fingerprint density at radius 1 is 1.12 bits per heavy atom. The van der Waals surface area contributed by atoms with Crippen LogP contribution in [0.5, 0.6) is 11.5 Å². The fraction of sp³-hybridized carbons (Fsp3) is 0.400. The van der Waals surface area contributed by atoms with Gasteiger partial charge in [-0.1, -0.05) is 19.9 Å². The summed E-state index contributed by atoms with van der Waals surface area (Å²) in [5, 5.41) is 6.20. The molecular weight excluding hydrogens is 330 g/mol. The smallest absolute Gasteiger partial charge is 0.269 e. The third-order valence-corrected chi connectivity index (χ3v) is 3.85. The van der Waals surface area contributed by atoms with Crippen molar-refractivity contribution < 1.29 is 14.3 Å². The number of carbonyl (C=O) groups is 1. The number of benzene rings is 1. The van der Waals surface area contributed by atoms with Crippen LogP contribution in [0.15, 0.2) is 36.5 Å². The highest BCUT2D eigenvalue weighted by Gasteiger charge is 2.08. The zero-order valence-corrected chi connectivity index (χ0v) is 15.8. The second kappa shape index (κ2) is 9.65.